The van der Waals surface area contributed by atoms with Gasteiger partial charge < -0.3 is 24.4 Å². The molecule has 0 radical (unpaired) electrons. The number of aliphatic hydroxyl groups excluding tert-OH is 1. The number of ether oxygens (including phenoxy) is 2. The number of carbonyl (C=O) groups is 2. The number of hydrogen-bond donors (Lipinski definition) is 1. The Balaban J connectivity index is 2.23. The average Bonchev–Trinajstić information content (AvgIpc) is 3.14. The van der Waals surface area contributed by atoms with Crippen molar-refractivity contribution in [2.75, 3.05) is 33.9 Å². The van der Waals surface area contributed by atoms with Crippen molar-refractivity contribution in [2.24, 2.45) is 5.92 Å². The molecule has 28 heavy (non-hydrogen) atoms. The Hall–Kier alpha value is -2.20. The van der Waals surface area contributed by atoms with Gasteiger partial charge in [0.1, 0.15) is 5.69 Å². The number of methoxy groups -OCH3 is 1. The largest absolute Gasteiger partial charge is 0.453 e. The zero-order valence-electron chi connectivity index (χ0n) is 17.1. The normalized spacial score (nSPS) is 22.6. The fourth-order valence-corrected chi connectivity index (χ4v) is 3.19. The van der Waals surface area contributed by atoms with Crippen LogP contribution in [0.1, 0.15) is 32.4 Å². The van der Waals surface area contributed by atoms with E-state index in [0.29, 0.717) is 38.2 Å². The lowest BCUT2D eigenvalue weighted by molar-refractivity contribution is -0.136. The first-order valence-electron chi connectivity index (χ1n) is 9.55. The highest BCUT2D eigenvalue weighted by Gasteiger charge is 2.28. The number of hydrogen-bond acceptors (Lipinski definition) is 7. The molecule has 1 aromatic heterocycles. The van der Waals surface area contributed by atoms with Crippen LogP contribution in [-0.4, -0.2) is 87.9 Å². The number of fused-ring (bicyclic) bond motifs is 2. The number of aryl methyl sites for hydroxylation is 1. The first-order valence-corrected chi connectivity index (χ1v) is 9.55. The first-order chi connectivity index (χ1) is 13.3. The lowest BCUT2D eigenvalue weighted by Crippen LogP contribution is -2.47. The summed E-state index contributed by atoms with van der Waals surface area (Å²) in [5, 5.41) is 17.8. The van der Waals surface area contributed by atoms with Gasteiger partial charge in [-0.2, -0.15) is 0 Å². The quantitative estimate of drug-likeness (QED) is 0.788. The van der Waals surface area contributed by atoms with Crippen molar-refractivity contribution in [3.05, 3.63) is 11.9 Å². The SMILES string of the molecule is COC(=O)N(C)C[C@@H]1OCc2cn(nn2)CCCC(=O)N([C@@H](C)CO)C[C@@H]1C. The van der Waals surface area contributed by atoms with Crippen LogP contribution in [0, 0.1) is 5.92 Å². The molecule has 0 spiro atoms. The molecule has 0 aliphatic carbocycles. The Morgan fingerprint density at radius 2 is 2.29 bits per heavy atom. The molecule has 10 nitrogen and oxygen atoms in total. The van der Waals surface area contributed by atoms with Crippen LogP contribution in [0.4, 0.5) is 4.79 Å². The van der Waals surface area contributed by atoms with Crippen molar-refractivity contribution in [2.45, 2.75) is 52.0 Å². The van der Waals surface area contributed by atoms with E-state index in [9.17, 15) is 14.7 Å². The molecule has 3 atom stereocenters. The standard InChI is InChI=1S/C18H31N5O5/c1-13-8-23(14(2)11-24)17(25)6-5-7-22-9-15(19-20-22)12-28-16(13)10-21(3)18(26)27-4/h9,13-14,16,24H,5-8,10-12H2,1-4H3/t13-,14-,16-/m0/s1. The van der Waals surface area contributed by atoms with E-state index in [4.69, 9.17) is 9.47 Å². The summed E-state index contributed by atoms with van der Waals surface area (Å²) in [4.78, 5) is 27.7. The van der Waals surface area contributed by atoms with Crippen molar-refractivity contribution < 1.29 is 24.2 Å². The molecule has 1 N–H and O–H groups in total. The van der Waals surface area contributed by atoms with E-state index >= 15 is 0 Å². The second kappa shape index (κ2) is 10.4. The summed E-state index contributed by atoms with van der Waals surface area (Å²) in [6.07, 6.45) is 2.00. The molecule has 0 aromatic carbocycles. The third-order valence-electron chi connectivity index (χ3n) is 4.99. The number of aliphatic hydroxyl groups is 1. The van der Waals surface area contributed by atoms with Gasteiger partial charge in [0, 0.05) is 32.5 Å². The lowest BCUT2D eigenvalue weighted by atomic mass is 10.0. The van der Waals surface area contributed by atoms with Gasteiger partial charge in [0.2, 0.25) is 5.91 Å². The highest BCUT2D eigenvalue weighted by atomic mass is 16.5. The van der Waals surface area contributed by atoms with Gasteiger partial charge in [-0.05, 0) is 13.3 Å². The molecule has 0 saturated carbocycles. The Bertz CT molecular complexity index is 652. The molecule has 1 aliphatic heterocycles. The Kier molecular flexibility index (Phi) is 8.18. The highest BCUT2D eigenvalue weighted by Crippen LogP contribution is 2.17. The van der Waals surface area contributed by atoms with Crippen molar-refractivity contribution in [3.8, 4) is 0 Å². The van der Waals surface area contributed by atoms with E-state index in [1.54, 1.807) is 16.6 Å². The number of carbonyl (C=O) groups excluding carboxylic acids is 2. The summed E-state index contributed by atoms with van der Waals surface area (Å²) in [6.45, 7) is 5.25. The van der Waals surface area contributed by atoms with Crippen LogP contribution in [0.25, 0.3) is 0 Å². The summed E-state index contributed by atoms with van der Waals surface area (Å²) in [7, 11) is 2.97. The molecule has 158 valence electrons. The van der Waals surface area contributed by atoms with Crippen LogP contribution in [0.2, 0.25) is 0 Å². The predicted molar refractivity (Wildman–Crippen MR) is 100 cm³/mol. The van der Waals surface area contributed by atoms with Crippen LogP contribution < -0.4 is 0 Å². The first kappa shape index (κ1) is 22.1. The van der Waals surface area contributed by atoms with Crippen molar-refractivity contribution in [1.29, 1.82) is 0 Å². The molecule has 0 unspecified atom stereocenters. The van der Waals surface area contributed by atoms with E-state index in [2.05, 4.69) is 10.3 Å². The molecule has 0 fully saturated rings. The van der Waals surface area contributed by atoms with Crippen LogP contribution in [0.5, 0.6) is 0 Å². The fraction of sp³-hybridized carbons (Fsp3) is 0.778. The Labute approximate surface area is 165 Å². The van der Waals surface area contributed by atoms with Gasteiger partial charge in [0.15, 0.2) is 0 Å². The molecule has 2 heterocycles. The maximum Gasteiger partial charge on any atom is 0.409 e. The minimum atomic E-state index is -0.457. The van der Waals surface area contributed by atoms with Crippen LogP contribution >= 0.6 is 0 Å². The van der Waals surface area contributed by atoms with Gasteiger partial charge in [0.25, 0.3) is 0 Å². The van der Waals surface area contributed by atoms with Gasteiger partial charge in [-0.15, -0.1) is 5.10 Å². The van der Waals surface area contributed by atoms with Crippen molar-refractivity contribution >= 4 is 12.0 Å². The number of rotatable bonds is 4. The average molecular weight is 397 g/mol. The van der Waals surface area contributed by atoms with E-state index < -0.39 is 6.09 Å². The molecule has 2 amide bonds. The van der Waals surface area contributed by atoms with Crippen LogP contribution in [0.15, 0.2) is 6.20 Å². The fourth-order valence-electron chi connectivity index (χ4n) is 3.19. The van der Waals surface area contributed by atoms with E-state index in [-0.39, 0.29) is 37.2 Å². The summed E-state index contributed by atoms with van der Waals surface area (Å²) in [5.41, 5.74) is 0.698. The second-order valence-corrected chi connectivity index (χ2v) is 7.33. The van der Waals surface area contributed by atoms with Gasteiger partial charge in [-0.25, -0.2) is 4.79 Å². The minimum Gasteiger partial charge on any atom is -0.453 e. The smallest absolute Gasteiger partial charge is 0.409 e. The molecular formula is C18H31N5O5. The van der Waals surface area contributed by atoms with E-state index in [0.717, 1.165) is 0 Å². The number of aromatic nitrogens is 3. The van der Waals surface area contributed by atoms with E-state index in [1.807, 2.05) is 20.0 Å². The highest BCUT2D eigenvalue weighted by molar-refractivity contribution is 5.76. The molecule has 2 rings (SSSR count). The Morgan fingerprint density at radius 1 is 1.54 bits per heavy atom. The molecule has 1 aromatic rings. The molecule has 0 saturated heterocycles. The van der Waals surface area contributed by atoms with Crippen LogP contribution in [-0.2, 0) is 27.4 Å². The summed E-state index contributed by atoms with van der Waals surface area (Å²) in [5.74, 6) is -0.103. The zero-order chi connectivity index (χ0) is 20.7. The van der Waals surface area contributed by atoms with Crippen molar-refractivity contribution in [1.82, 2.24) is 24.8 Å². The number of amides is 2. The third kappa shape index (κ3) is 5.90. The Morgan fingerprint density at radius 3 is 2.96 bits per heavy atom. The van der Waals surface area contributed by atoms with Gasteiger partial charge in [-0.1, -0.05) is 12.1 Å². The van der Waals surface area contributed by atoms with Gasteiger partial charge in [-0.3, -0.25) is 9.48 Å². The molecule has 2 bridgehead atoms. The maximum atomic E-state index is 12.8. The zero-order valence-corrected chi connectivity index (χ0v) is 17.1. The number of nitrogens with zero attached hydrogens (tertiary/aromatic N) is 5. The van der Waals surface area contributed by atoms with E-state index in [1.165, 1.54) is 12.0 Å². The lowest BCUT2D eigenvalue weighted by Gasteiger charge is -2.34. The summed E-state index contributed by atoms with van der Waals surface area (Å²) >= 11 is 0. The van der Waals surface area contributed by atoms with Crippen LogP contribution in [0.3, 0.4) is 0 Å². The minimum absolute atomic E-state index is 0.0203. The molecule has 10 heteroatoms. The predicted octanol–water partition coefficient (Wildman–Crippen LogP) is 0.501. The summed E-state index contributed by atoms with van der Waals surface area (Å²) in [6, 6.07) is -0.295. The topological polar surface area (TPSA) is 110 Å². The van der Waals surface area contributed by atoms with Crippen molar-refractivity contribution in [3.63, 3.8) is 0 Å². The molecule has 1 aliphatic rings. The monoisotopic (exact) mass is 397 g/mol. The number of likely N-dealkylation sites (N-methyl/N-ethyl adjacent to an activating group) is 1. The molecular weight excluding hydrogens is 366 g/mol. The second-order valence-electron chi connectivity index (χ2n) is 7.33. The van der Waals surface area contributed by atoms with Gasteiger partial charge >= 0.3 is 6.09 Å². The summed E-state index contributed by atoms with van der Waals surface area (Å²) < 4.78 is 12.5. The van der Waals surface area contributed by atoms with Gasteiger partial charge in [0.05, 0.1) is 45.2 Å². The third-order valence-corrected chi connectivity index (χ3v) is 4.99. The maximum absolute atomic E-state index is 12.8.